The number of imide groups is 1. The van der Waals surface area contributed by atoms with Gasteiger partial charge in [0.25, 0.3) is 11.1 Å². The van der Waals surface area contributed by atoms with Gasteiger partial charge >= 0.3 is 0 Å². The summed E-state index contributed by atoms with van der Waals surface area (Å²) < 4.78 is 13.0. The van der Waals surface area contributed by atoms with Crippen LogP contribution >= 0.6 is 11.8 Å². The Labute approximate surface area is 136 Å². The predicted octanol–water partition coefficient (Wildman–Crippen LogP) is 4.16. The molecule has 4 nitrogen and oxygen atoms in total. The predicted molar refractivity (Wildman–Crippen MR) is 87.6 cm³/mol. The van der Waals surface area contributed by atoms with Crippen LogP contribution in [0.3, 0.4) is 0 Å². The number of halogens is 1. The number of anilines is 1. The second-order valence-corrected chi connectivity index (χ2v) is 5.95. The first-order chi connectivity index (χ1) is 11.0. The zero-order valence-corrected chi connectivity index (χ0v) is 12.9. The van der Waals surface area contributed by atoms with Crippen LogP contribution in [-0.4, -0.2) is 16.3 Å². The summed E-state index contributed by atoms with van der Waals surface area (Å²) in [7, 11) is 0. The lowest BCUT2D eigenvalue weighted by molar-refractivity contribution is -0.113. The fraction of sp³-hybridized carbons (Fsp3) is 0.0588. The van der Waals surface area contributed by atoms with Gasteiger partial charge < -0.3 is 5.11 Å². The summed E-state index contributed by atoms with van der Waals surface area (Å²) in [5, 5.41) is 8.91. The second-order valence-electron chi connectivity index (χ2n) is 4.99. The van der Waals surface area contributed by atoms with Crippen LogP contribution in [0.15, 0.2) is 53.4 Å². The molecule has 0 atom stereocenters. The molecule has 2 amide bonds. The molecule has 0 aliphatic carbocycles. The Hall–Kier alpha value is -2.60. The molecule has 1 fully saturated rings. The number of rotatable bonds is 2. The van der Waals surface area contributed by atoms with E-state index in [-0.39, 0.29) is 5.75 Å². The van der Waals surface area contributed by atoms with Gasteiger partial charge in [-0.1, -0.05) is 12.1 Å². The third kappa shape index (κ3) is 2.85. The van der Waals surface area contributed by atoms with Crippen molar-refractivity contribution in [3.05, 3.63) is 64.8 Å². The van der Waals surface area contributed by atoms with Crippen LogP contribution < -0.4 is 4.90 Å². The molecule has 0 unspecified atom stereocenters. The minimum Gasteiger partial charge on any atom is -0.508 e. The molecule has 0 bridgehead atoms. The van der Waals surface area contributed by atoms with Crippen molar-refractivity contribution in [3.63, 3.8) is 0 Å². The van der Waals surface area contributed by atoms with E-state index in [1.165, 1.54) is 36.4 Å². The number of carbonyl (C=O) groups is 2. The van der Waals surface area contributed by atoms with E-state index in [2.05, 4.69) is 0 Å². The number of phenols is 1. The Morgan fingerprint density at radius 2 is 1.65 bits per heavy atom. The number of allylic oxidation sites excluding steroid dienone is 1. The van der Waals surface area contributed by atoms with Crippen molar-refractivity contribution in [1.29, 1.82) is 0 Å². The van der Waals surface area contributed by atoms with Crippen LogP contribution in [-0.2, 0) is 4.79 Å². The number of carbonyl (C=O) groups excluding carboxylic acids is 2. The molecule has 2 aromatic rings. The van der Waals surface area contributed by atoms with Gasteiger partial charge in [0.15, 0.2) is 0 Å². The highest BCUT2D eigenvalue weighted by atomic mass is 32.2. The molecule has 23 heavy (non-hydrogen) atoms. The van der Waals surface area contributed by atoms with Crippen molar-refractivity contribution in [2.24, 2.45) is 0 Å². The van der Waals surface area contributed by atoms with Crippen molar-refractivity contribution < 1.29 is 19.1 Å². The fourth-order valence-electron chi connectivity index (χ4n) is 2.25. The van der Waals surface area contributed by atoms with Gasteiger partial charge in [-0.15, -0.1) is 0 Å². The van der Waals surface area contributed by atoms with E-state index in [1.54, 1.807) is 19.1 Å². The van der Waals surface area contributed by atoms with Crippen molar-refractivity contribution in [2.75, 3.05) is 4.90 Å². The number of hydrogen-bond acceptors (Lipinski definition) is 4. The molecule has 3 rings (SSSR count). The van der Waals surface area contributed by atoms with Crippen molar-refractivity contribution in [1.82, 2.24) is 0 Å². The highest BCUT2D eigenvalue weighted by Crippen LogP contribution is 2.39. The molecule has 1 aliphatic heterocycles. The van der Waals surface area contributed by atoms with Gasteiger partial charge in [-0.3, -0.25) is 9.59 Å². The number of benzene rings is 2. The molecule has 1 heterocycles. The highest BCUT2D eigenvalue weighted by molar-refractivity contribution is 8.19. The summed E-state index contributed by atoms with van der Waals surface area (Å²) in [6.45, 7) is 1.74. The number of aromatic hydroxyl groups is 1. The number of hydrogen-bond donors (Lipinski definition) is 1. The zero-order valence-electron chi connectivity index (χ0n) is 12.1. The Kier molecular flexibility index (Phi) is 3.92. The van der Waals surface area contributed by atoms with Gasteiger partial charge in [-0.05, 0) is 66.2 Å². The molecule has 0 spiro atoms. The average Bonchev–Trinajstić information content (AvgIpc) is 2.83. The zero-order chi connectivity index (χ0) is 16.6. The maximum atomic E-state index is 13.0. The van der Waals surface area contributed by atoms with Crippen molar-refractivity contribution >= 4 is 34.2 Å². The summed E-state index contributed by atoms with van der Waals surface area (Å²) >= 11 is 0.849. The van der Waals surface area contributed by atoms with Crippen LogP contribution in [0.4, 0.5) is 14.9 Å². The van der Waals surface area contributed by atoms with Crippen LogP contribution in [0.2, 0.25) is 0 Å². The lowest BCUT2D eigenvalue weighted by Gasteiger charge is -2.12. The maximum Gasteiger partial charge on any atom is 0.298 e. The van der Waals surface area contributed by atoms with Gasteiger partial charge in [0, 0.05) is 0 Å². The van der Waals surface area contributed by atoms with Gasteiger partial charge in [-0.25, -0.2) is 9.29 Å². The molecular formula is C17H12FNO3S. The summed E-state index contributed by atoms with van der Waals surface area (Å²) in [6.07, 6.45) is 0. The Balaban J connectivity index is 1.98. The first-order valence-electron chi connectivity index (χ1n) is 6.79. The Morgan fingerprint density at radius 1 is 1.04 bits per heavy atom. The molecule has 116 valence electrons. The van der Waals surface area contributed by atoms with Gasteiger partial charge in [0.2, 0.25) is 0 Å². The molecule has 1 aliphatic rings. The van der Waals surface area contributed by atoms with E-state index < -0.39 is 17.0 Å². The monoisotopic (exact) mass is 329 g/mol. The second kappa shape index (κ2) is 5.89. The minimum atomic E-state index is -0.434. The molecule has 0 aromatic heterocycles. The van der Waals surface area contributed by atoms with Gasteiger partial charge in [0.1, 0.15) is 11.6 Å². The smallest absolute Gasteiger partial charge is 0.298 e. The summed E-state index contributed by atoms with van der Waals surface area (Å²) in [6, 6.07) is 11.6. The average molecular weight is 329 g/mol. The SMILES string of the molecule is C/C(=C1/SC(=O)N(c2ccc(F)cc2)C1=O)c1ccc(O)cc1. The summed E-state index contributed by atoms with van der Waals surface area (Å²) in [5.41, 5.74) is 1.73. The van der Waals surface area contributed by atoms with Crippen molar-refractivity contribution in [3.8, 4) is 5.75 Å². The minimum absolute atomic E-state index is 0.126. The lowest BCUT2D eigenvalue weighted by Crippen LogP contribution is -2.27. The third-order valence-corrected chi connectivity index (χ3v) is 4.54. The highest BCUT2D eigenvalue weighted by Gasteiger charge is 2.37. The lowest BCUT2D eigenvalue weighted by atomic mass is 10.1. The van der Waals surface area contributed by atoms with E-state index in [9.17, 15) is 19.1 Å². The molecule has 2 aromatic carbocycles. The normalized spacial score (nSPS) is 16.9. The molecule has 1 N–H and O–H groups in total. The van der Waals surface area contributed by atoms with E-state index >= 15 is 0 Å². The Morgan fingerprint density at radius 3 is 2.26 bits per heavy atom. The number of thioether (sulfide) groups is 1. The standard InChI is InChI=1S/C17H12FNO3S/c1-10(11-2-8-14(20)9-3-11)15-16(21)19(17(22)23-15)13-6-4-12(18)5-7-13/h2-9,20H,1H3/b15-10-. The summed E-state index contributed by atoms with van der Waals surface area (Å²) in [5.74, 6) is -0.741. The third-order valence-electron chi connectivity index (χ3n) is 3.50. The maximum absolute atomic E-state index is 13.0. The van der Waals surface area contributed by atoms with Crippen LogP contribution in [0.25, 0.3) is 5.57 Å². The molecule has 0 saturated carbocycles. The number of phenolic OH excluding ortho intramolecular Hbond substituents is 1. The van der Waals surface area contributed by atoms with Crippen LogP contribution in [0, 0.1) is 5.82 Å². The Bertz CT molecular complexity index is 813. The summed E-state index contributed by atoms with van der Waals surface area (Å²) in [4.78, 5) is 26.1. The molecular weight excluding hydrogens is 317 g/mol. The van der Waals surface area contributed by atoms with Gasteiger partial charge in [0.05, 0.1) is 10.6 Å². The molecule has 6 heteroatoms. The number of amides is 2. The van der Waals surface area contributed by atoms with Crippen molar-refractivity contribution in [2.45, 2.75) is 6.92 Å². The van der Waals surface area contributed by atoms with Gasteiger partial charge in [-0.2, -0.15) is 0 Å². The van der Waals surface area contributed by atoms with Crippen LogP contribution in [0.5, 0.6) is 5.75 Å². The molecule has 1 saturated heterocycles. The van der Waals surface area contributed by atoms with E-state index in [1.807, 2.05) is 0 Å². The van der Waals surface area contributed by atoms with E-state index in [4.69, 9.17) is 0 Å². The first-order valence-corrected chi connectivity index (χ1v) is 7.61. The topological polar surface area (TPSA) is 57.6 Å². The number of nitrogens with zero attached hydrogens (tertiary/aromatic N) is 1. The largest absolute Gasteiger partial charge is 0.508 e. The van der Waals surface area contributed by atoms with E-state index in [0.717, 1.165) is 22.2 Å². The fourth-order valence-corrected chi connectivity index (χ4v) is 3.16. The first kappa shape index (κ1) is 15.3. The quantitative estimate of drug-likeness (QED) is 0.841. The molecule has 0 radical (unpaired) electrons. The van der Waals surface area contributed by atoms with E-state index in [0.29, 0.717) is 16.2 Å². The van der Waals surface area contributed by atoms with Crippen LogP contribution in [0.1, 0.15) is 12.5 Å².